The standard InChI is InChI=1S/C11H13BrN2S2/c1-8-7-16-11(14-8)2-4-13-6-10-9(12)3-5-15-10/h3,5,7,13H,2,4,6H2,1H3. The van der Waals surface area contributed by atoms with Crippen LogP contribution in [0, 0.1) is 6.92 Å². The molecule has 86 valence electrons. The van der Waals surface area contributed by atoms with Gasteiger partial charge in [0.1, 0.15) is 0 Å². The maximum atomic E-state index is 4.43. The smallest absolute Gasteiger partial charge is 0.0940 e. The Morgan fingerprint density at radius 2 is 2.31 bits per heavy atom. The fourth-order valence-electron chi connectivity index (χ4n) is 1.37. The van der Waals surface area contributed by atoms with Crippen molar-refractivity contribution in [2.45, 2.75) is 19.9 Å². The molecular formula is C11H13BrN2S2. The molecule has 2 aromatic rings. The number of aryl methyl sites for hydroxylation is 1. The van der Waals surface area contributed by atoms with Crippen LogP contribution in [-0.2, 0) is 13.0 Å². The number of thiazole rings is 1. The number of nitrogens with zero attached hydrogens (tertiary/aromatic N) is 1. The van der Waals surface area contributed by atoms with Gasteiger partial charge in [-0.1, -0.05) is 0 Å². The Labute approximate surface area is 112 Å². The van der Waals surface area contributed by atoms with Gasteiger partial charge < -0.3 is 5.32 Å². The van der Waals surface area contributed by atoms with Crippen LogP contribution in [0.1, 0.15) is 15.6 Å². The van der Waals surface area contributed by atoms with Gasteiger partial charge in [-0.3, -0.25) is 0 Å². The molecule has 0 aliphatic heterocycles. The van der Waals surface area contributed by atoms with Crippen molar-refractivity contribution >= 4 is 38.6 Å². The second kappa shape index (κ2) is 5.91. The summed E-state index contributed by atoms with van der Waals surface area (Å²) in [7, 11) is 0. The first-order valence-corrected chi connectivity index (χ1v) is 7.64. The van der Waals surface area contributed by atoms with E-state index in [0.717, 1.165) is 25.2 Å². The highest BCUT2D eigenvalue weighted by atomic mass is 79.9. The Balaban J connectivity index is 1.71. The number of thiophene rings is 1. The lowest BCUT2D eigenvalue weighted by Gasteiger charge is -2.01. The highest BCUT2D eigenvalue weighted by Crippen LogP contribution is 2.22. The molecule has 0 unspecified atom stereocenters. The molecular weight excluding hydrogens is 304 g/mol. The average molecular weight is 317 g/mol. The minimum atomic E-state index is 0.933. The van der Waals surface area contributed by atoms with Gasteiger partial charge in [0.15, 0.2) is 0 Å². The number of hydrogen-bond donors (Lipinski definition) is 1. The average Bonchev–Trinajstić information content (AvgIpc) is 2.83. The lowest BCUT2D eigenvalue weighted by molar-refractivity contribution is 0.690. The molecule has 0 spiro atoms. The molecule has 0 saturated carbocycles. The van der Waals surface area contributed by atoms with Crippen LogP contribution < -0.4 is 5.32 Å². The third kappa shape index (κ3) is 3.38. The first-order chi connectivity index (χ1) is 7.75. The minimum Gasteiger partial charge on any atom is -0.311 e. The molecule has 0 fully saturated rings. The lowest BCUT2D eigenvalue weighted by atomic mass is 10.4. The van der Waals surface area contributed by atoms with Crippen molar-refractivity contribution in [1.29, 1.82) is 0 Å². The fourth-order valence-corrected chi connectivity index (χ4v) is 3.60. The van der Waals surface area contributed by atoms with Gasteiger partial charge in [-0.2, -0.15) is 0 Å². The van der Waals surface area contributed by atoms with E-state index in [-0.39, 0.29) is 0 Å². The first-order valence-electron chi connectivity index (χ1n) is 5.09. The summed E-state index contributed by atoms with van der Waals surface area (Å²) in [5.74, 6) is 0. The molecule has 1 N–H and O–H groups in total. The van der Waals surface area contributed by atoms with Gasteiger partial charge in [-0.05, 0) is 34.3 Å². The number of nitrogens with one attached hydrogen (secondary N) is 1. The summed E-state index contributed by atoms with van der Waals surface area (Å²) in [6.45, 7) is 3.95. The van der Waals surface area contributed by atoms with E-state index < -0.39 is 0 Å². The predicted molar refractivity (Wildman–Crippen MR) is 74.3 cm³/mol. The van der Waals surface area contributed by atoms with E-state index in [1.54, 1.807) is 22.7 Å². The minimum absolute atomic E-state index is 0.933. The summed E-state index contributed by atoms with van der Waals surface area (Å²) < 4.78 is 1.20. The molecule has 5 heteroatoms. The zero-order chi connectivity index (χ0) is 11.4. The van der Waals surface area contributed by atoms with Gasteiger partial charge in [0.25, 0.3) is 0 Å². The van der Waals surface area contributed by atoms with E-state index in [2.05, 4.69) is 43.1 Å². The van der Waals surface area contributed by atoms with Crippen LogP contribution in [0.4, 0.5) is 0 Å². The summed E-state index contributed by atoms with van der Waals surface area (Å²) in [5, 5.41) is 8.86. The van der Waals surface area contributed by atoms with Crippen LogP contribution in [0.3, 0.4) is 0 Å². The van der Waals surface area contributed by atoms with E-state index in [1.807, 2.05) is 6.92 Å². The van der Waals surface area contributed by atoms with E-state index in [9.17, 15) is 0 Å². The maximum absolute atomic E-state index is 4.43. The molecule has 2 heterocycles. The lowest BCUT2D eigenvalue weighted by Crippen LogP contribution is -2.16. The summed E-state index contributed by atoms with van der Waals surface area (Å²) in [4.78, 5) is 5.79. The van der Waals surface area contributed by atoms with E-state index >= 15 is 0 Å². The quantitative estimate of drug-likeness (QED) is 0.852. The molecule has 16 heavy (non-hydrogen) atoms. The molecule has 0 saturated heterocycles. The Morgan fingerprint density at radius 1 is 1.44 bits per heavy atom. The monoisotopic (exact) mass is 316 g/mol. The molecule has 2 nitrogen and oxygen atoms in total. The number of rotatable bonds is 5. The number of hydrogen-bond acceptors (Lipinski definition) is 4. The Morgan fingerprint density at radius 3 is 2.94 bits per heavy atom. The summed E-state index contributed by atoms with van der Waals surface area (Å²) in [5.41, 5.74) is 1.13. The van der Waals surface area contributed by atoms with Crippen molar-refractivity contribution in [2.24, 2.45) is 0 Å². The van der Waals surface area contributed by atoms with Crippen LogP contribution in [-0.4, -0.2) is 11.5 Å². The zero-order valence-corrected chi connectivity index (χ0v) is 12.2. The highest BCUT2D eigenvalue weighted by Gasteiger charge is 2.01. The molecule has 2 aromatic heterocycles. The van der Waals surface area contributed by atoms with Crippen LogP contribution in [0.2, 0.25) is 0 Å². The van der Waals surface area contributed by atoms with Crippen molar-refractivity contribution in [1.82, 2.24) is 10.3 Å². The van der Waals surface area contributed by atoms with Gasteiger partial charge in [0.05, 0.1) is 5.01 Å². The van der Waals surface area contributed by atoms with Crippen LogP contribution in [0.25, 0.3) is 0 Å². The molecule has 0 amide bonds. The van der Waals surface area contributed by atoms with Crippen molar-refractivity contribution in [3.63, 3.8) is 0 Å². The summed E-state index contributed by atoms with van der Waals surface area (Å²) in [6.07, 6.45) is 1.02. The molecule has 0 atom stereocenters. The highest BCUT2D eigenvalue weighted by molar-refractivity contribution is 9.10. The summed E-state index contributed by atoms with van der Waals surface area (Å²) in [6, 6.07) is 2.09. The van der Waals surface area contributed by atoms with Crippen molar-refractivity contribution in [2.75, 3.05) is 6.54 Å². The van der Waals surface area contributed by atoms with Gasteiger partial charge in [-0.15, -0.1) is 22.7 Å². The van der Waals surface area contributed by atoms with Gasteiger partial charge in [0, 0.05) is 39.9 Å². The second-order valence-electron chi connectivity index (χ2n) is 3.50. The molecule has 0 aromatic carbocycles. The normalized spacial score (nSPS) is 10.9. The first kappa shape index (κ1) is 12.2. The topological polar surface area (TPSA) is 24.9 Å². The number of aromatic nitrogens is 1. The second-order valence-corrected chi connectivity index (χ2v) is 6.30. The van der Waals surface area contributed by atoms with E-state index in [0.29, 0.717) is 0 Å². The zero-order valence-electron chi connectivity index (χ0n) is 9.00. The largest absolute Gasteiger partial charge is 0.311 e. The van der Waals surface area contributed by atoms with Gasteiger partial charge in [-0.25, -0.2) is 4.98 Å². The summed E-state index contributed by atoms with van der Waals surface area (Å²) >= 11 is 7.05. The van der Waals surface area contributed by atoms with Crippen molar-refractivity contribution in [3.8, 4) is 0 Å². The third-order valence-electron chi connectivity index (χ3n) is 2.16. The van der Waals surface area contributed by atoms with E-state index in [4.69, 9.17) is 0 Å². The SMILES string of the molecule is Cc1csc(CCNCc2sccc2Br)n1. The van der Waals surface area contributed by atoms with Crippen LogP contribution in [0.15, 0.2) is 21.3 Å². The van der Waals surface area contributed by atoms with E-state index in [1.165, 1.54) is 14.4 Å². The Hall–Kier alpha value is -0.230. The third-order valence-corrected chi connectivity index (χ3v) is 5.11. The molecule has 2 rings (SSSR count). The van der Waals surface area contributed by atoms with Crippen molar-refractivity contribution < 1.29 is 0 Å². The predicted octanol–water partition coefficient (Wildman–Crippen LogP) is 3.61. The molecule has 0 bridgehead atoms. The number of halogens is 1. The van der Waals surface area contributed by atoms with Crippen LogP contribution >= 0.6 is 38.6 Å². The molecule has 0 aliphatic carbocycles. The van der Waals surface area contributed by atoms with Gasteiger partial charge in [0.2, 0.25) is 0 Å². The van der Waals surface area contributed by atoms with Gasteiger partial charge >= 0.3 is 0 Å². The van der Waals surface area contributed by atoms with Crippen LogP contribution in [0.5, 0.6) is 0 Å². The Kier molecular flexibility index (Phi) is 4.52. The molecule has 0 aliphatic rings. The Bertz CT molecular complexity index is 450. The maximum Gasteiger partial charge on any atom is 0.0940 e. The fraction of sp³-hybridized carbons (Fsp3) is 0.364. The molecule has 0 radical (unpaired) electrons. The van der Waals surface area contributed by atoms with Crippen molar-refractivity contribution in [3.05, 3.63) is 36.9 Å².